The number of rotatable bonds is 5. The minimum absolute atomic E-state index is 0.183. The van der Waals surface area contributed by atoms with Crippen LogP contribution in [0.4, 0.5) is 11.4 Å². The second-order valence-electron chi connectivity index (χ2n) is 4.34. The Bertz CT molecular complexity index is 685. The molecule has 0 atom stereocenters. The third-order valence-electron chi connectivity index (χ3n) is 2.65. The Morgan fingerprint density at radius 2 is 2.10 bits per heavy atom. The number of nitrogens with one attached hydrogen (secondary N) is 2. The van der Waals surface area contributed by atoms with Gasteiger partial charge in [0.25, 0.3) is 0 Å². The number of amides is 1. The molecule has 0 bridgehead atoms. The maximum absolute atomic E-state index is 11.0. The van der Waals surface area contributed by atoms with Gasteiger partial charge < -0.3 is 15.7 Å². The Hall–Kier alpha value is -2.05. The third-order valence-corrected chi connectivity index (χ3v) is 3.90. The van der Waals surface area contributed by atoms with E-state index in [0.29, 0.717) is 17.3 Å². The Labute approximate surface area is 130 Å². The molecule has 7 heteroatoms. The van der Waals surface area contributed by atoms with Crippen LogP contribution in [-0.2, 0) is 11.3 Å². The molecule has 1 heterocycles. The SMILES string of the molecule is CC(=O)Nc1ccc(NCc2cc(C(=O)O)cs2)cc1Cl. The molecule has 0 unspecified atom stereocenters. The molecule has 0 fully saturated rings. The lowest BCUT2D eigenvalue weighted by Crippen LogP contribution is -2.06. The average Bonchev–Trinajstić information content (AvgIpc) is 2.88. The van der Waals surface area contributed by atoms with Crippen molar-refractivity contribution < 1.29 is 14.7 Å². The Morgan fingerprint density at radius 1 is 1.33 bits per heavy atom. The molecular formula is C14H13ClN2O3S. The van der Waals surface area contributed by atoms with Crippen LogP contribution < -0.4 is 10.6 Å². The first kappa shape index (κ1) is 15.3. The van der Waals surface area contributed by atoms with Gasteiger partial charge in [-0.25, -0.2) is 4.79 Å². The van der Waals surface area contributed by atoms with Crippen molar-refractivity contribution in [2.45, 2.75) is 13.5 Å². The number of carbonyl (C=O) groups excluding carboxylic acids is 1. The summed E-state index contributed by atoms with van der Waals surface area (Å²) in [5, 5.41) is 16.7. The monoisotopic (exact) mass is 324 g/mol. The van der Waals surface area contributed by atoms with Crippen LogP contribution in [-0.4, -0.2) is 17.0 Å². The second-order valence-corrected chi connectivity index (χ2v) is 5.74. The minimum Gasteiger partial charge on any atom is -0.478 e. The molecule has 5 nitrogen and oxygen atoms in total. The molecule has 0 saturated heterocycles. The molecule has 2 rings (SSSR count). The van der Waals surface area contributed by atoms with Gasteiger partial charge in [0.1, 0.15) is 0 Å². The molecule has 0 saturated carbocycles. The first-order valence-corrected chi connectivity index (χ1v) is 7.33. The molecule has 1 aromatic carbocycles. The maximum atomic E-state index is 11.0. The van der Waals surface area contributed by atoms with Crippen LogP contribution in [0.3, 0.4) is 0 Å². The molecular weight excluding hydrogens is 312 g/mol. The van der Waals surface area contributed by atoms with Crippen molar-refractivity contribution in [3.8, 4) is 0 Å². The largest absolute Gasteiger partial charge is 0.478 e. The number of hydrogen-bond donors (Lipinski definition) is 3. The highest BCUT2D eigenvalue weighted by Gasteiger charge is 2.07. The number of carbonyl (C=O) groups is 2. The van der Waals surface area contributed by atoms with Gasteiger partial charge in [-0.1, -0.05) is 11.6 Å². The van der Waals surface area contributed by atoms with Crippen molar-refractivity contribution in [2.75, 3.05) is 10.6 Å². The quantitative estimate of drug-likeness (QED) is 0.784. The lowest BCUT2D eigenvalue weighted by atomic mass is 10.2. The number of benzene rings is 1. The normalized spacial score (nSPS) is 10.2. The number of aromatic carboxylic acids is 1. The molecule has 1 amide bonds. The molecule has 1 aromatic heterocycles. The van der Waals surface area contributed by atoms with Gasteiger partial charge in [0.2, 0.25) is 5.91 Å². The van der Waals surface area contributed by atoms with Gasteiger partial charge in [-0.3, -0.25) is 4.79 Å². The van der Waals surface area contributed by atoms with E-state index in [9.17, 15) is 9.59 Å². The third kappa shape index (κ3) is 4.21. The summed E-state index contributed by atoms with van der Waals surface area (Å²) in [6.45, 7) is 1.92. The topological polar surface area (TPSA) is 78.4 Å². The average molecular weight is 325 g/mol. The maximum Gasteiger partial charge on any atom is 0.336 e. The van der Waals surface area contributed by atoms with Crippen LogP contribution in [0.5, 0.6) is 0 Å². The van der Waals surface area contributed by atoms with Crippen LogP contribution in [0.2, 0.25) is 5.02 Å². The van der Waals surface area contributed by atoms with E-state index in [-0.39, 0.29) is 11.5 Å². The number of carboxylic acids is 1. The molecule has 0 spiro atoms. The Balaban J connectivity index is 2.01. The van der Waals surface area contributed by atoms with Gasteiger partial charge in [-0.05, 0) is 24.3 Å². The highest BCUT2D eigenvalue weighted by atomic mass is 35.5. The summed E-state index contributed by atoms with van der Waals surface area (Å²) < 4.78 is 0. The lowest BCUT2D eigenvalue weighted by molar-refractivity contribution is -0.114. The summed E-state index contributed by atoms with van der Waals surface area (Å²) in [5.41, 5.74) is 1.63. The summed E-state index contributed by atoms with van der Waals surface area (Å²) in [4.78, 5) is 22.7. The summed E-state index contributed by atoms with van der Waals surface area (Å²) in [6.07, 6.45) is 0. The van der Waals surface area contributed by atoms with Crippen LogP contribution in [0, 0.1) is 0 Å². The Morgan fingerprint density at radius 3 is 2.67 bits per heavy atom. The molecule has 0 aliphatic heterocycles. The van der Waals surface area contributed by atoms with Crippen molar-refractivity contribution in [3.05, 3.63) is 45.1 Å². The van der Waals surface area contributed by atoms with Gasteiger partial charge in [0.05, 0.1) is 16.3 Å². The highest BCUT2D eigenvalue weighted by Crippen LogP contribution is 2.26. The molecule has 2 aromatic rings. The van der Waals surface area contributed by atoms with Crippen LogP contribution in [0.1, 0.15) is 22.2 Å². The molecule has 0 radical (unpaired) electrons. The van der Waals surface area contributed by atoms with Gasteiger partial charge in [0.15, 0.2) is 0 Å². The number of halogens is 1. The smallest absolute Gasteiger partial charge is 0.336 e. The number of anilines is 2. The predicted molar refractivity (Wildman–Crippen MR) is 84.4 cm³/mol. The zero-order valence-corrected chi connectivity index (χ0v) is 12.7. The van der Waals surface area contributed by atoms with Crippen molar-refractivity contribution in [2.24, 2.45) is 0 Å². The van der Waals surface area contributed by atoms with E-state index in [2.05, 4.69) is 10.6 Å². The van der Waals surface area contributed by atoms with Crippen molar-refractivity contribution in [3.63, 3.8) is 0 Å². The number of thiophene rings is 1. The lowest BCUT2D eigenvalue weighted by Gasteiger charge is -2.09. The van der Waals surface area contributed by atoms with Crippen molar-refractivity contribution in [1.29, 1.82) is 0 Å². The molecule has 110 valence electrons. The first-order chi connectivity index (χ1) is 9.95. The van der Waals surface area contributed by atoms with E-state index in [1.54, 1.807) is 29.6 Å². The molecule has 0 aliphatic rings. The van der Waals surface area contributed by atoms with E-state index >= 15 is 0 Å². The number of hydrogen-bond acceptors (Lipinski definition) is 4. The van der Waals surface area contributed by atoms with E-state index < -0.39 is 5.97 Å². The molecule has 21 heavy (non-hydrogen) atoms. The zero-order chi connectivity index (χ0) is 15.4. The van der Waals surface area contributed by atoms with Gasteiger partial charge in [-0.2, -0.15) is 0 Å². The fraction of sp³-hybridized carbons (Fsp3) is 0.143. The van der Waals surface area contributed by atoms with E-state index in [4.69, 9.17) is 16.7 Å². The van der Waals surface area contributed by atoms with Gasteiger partial charge in [0, 0.05) is 29.4 Å². The molecule has 3 N–H and O–H groups in total. The predicted octanol–water partition coefficient (Wildman–Crippen LogP) is 3.67. The summed E-state index contributed by atoms with van der Waals surface area (Å²) >= 11 is 7.45. The zero-order valence-electron chi connectivity index (χ0n) is 11.1. The van der Waals surface area contributed by atoms with Gasteiger partial charge in [-0.15, -0.1) is 11.3 Å². The fourth-order valence-electron chi connectivity index (χ4n) is 1.69. The van der Waals surface area contributed by atoms with Crippen molar-refractivity contribution >= 4 is 46.2 Å². The summed E-state index contributed by atoms with van der Waals surface area (Å²) in [6, 6.07) is 6.85. The van der Waals surface area contributed by atoms with Gasteiger partial charge >= 0.3 is 5.97 Å². The Kier molecular flexibility index (Phi) is 4.82. The molecule has 0 aliphatic carbocycles. The van der Waals surface area contributed by atoms with Crippen LogP contribution >= 0.6 is 22.9 Å². The second kappa shape index (κ2) is 6.60. The van der Waals surface area contributed by atoms with Crippen molar-refractivity contribution in [1.82, 2.24) is 0 Å². The van der Waals surface area contributed by atoms with Crippen LogP contribution in [0.15, 0.2) is 29.6 Å². The summed E-state index contributed by atoms with van der Waals surface area (Å²) in [7, 11) is 0. The fourth-order valence-corrected chi connectivity index (χ4v) is 2.72. The highest BCUT2D eigenvalue weighted by molar-refractivity contribution is 7.10. The van der Waals surface area contributed by atoms with E-state index in [0.717, 1.165) is 10.6 Å². The number of carboxylic acid groups (broad SMARTS) is 1. The standard InChI is InChI=1S/C14H13ClN2O3S/c1-8(18)17-13-3-2-10(5-12(13)15)16-6-11-4-9(7-21-11)14(19)20/h2-5,7,16H,6H2,1H3,(H,17,18)(H,19,20). The first-order valence-electron chi connectivity index (χ1n) is 6.07. The van der Waals surface area contributed by atoms with Crippen LogP contribution in [0.25, 0.3) is 0 Å². The summed E-state index contributed by atoms with van der Waals surface area (Å²) in [5.74, 6) is -1.11. The van der Waals surface area contributed by atoms with E-state index in [1.807, 2.05) is 0 Å². The minimum atomic E-state index is -0.930. The van der Waals surface area contributed by atoms with E-state index in [1.165, 1.54) is 18.3 Å².